The Morgan fingerprint density at radius 1 is 1.00 bits per heavy atom. The normalized spacial score (nSPS) is 9.93. The zero-order valence-electron chi connectivity index (χ0n) is 15.8. The van der Waals surface area contributed by atoms with E-state index >= 15 is 0 Å². The topological polar surface area (TPSA) is 88.7 Å². The Labute approximate surface area is 169 Å². The number of hydrazine groups is 1. The molecular weight excluding hydrogens is 378 g/mol. The standard InChI is InChI=1S/C20H23N3O4S/c1-3-11-26-16-9-7-15(8-10-16)19(25)21-20(28)23-22-18(24)13-27-17-6-4-5-14(2)12-17/h4-10,12H,3,11,13H2,1-2H3,(H,22,24)(H2,21,23,25,28). The fourth-order valence-electron chi connectivity index (χ4n) is 2.15. The number of hydrogen-bond acceptors (Lipinski definition) is 5. The minimum Gasteiger partial charge on any atom is -0.494 e. The number of amides is 2. The molecule has 0 heterocycles. The van der Waals surface area contributed by atoms with E-state index in [1.165, 1.54) is 0 Å². The predicted octanol–water partition coefficient (Wildman–Crippen LogP) is 2.50. The molecule has 2 amide bonds. The first-order valence-corrected chi connectivity index (χ1v) is 9.21. The Kier molecular flexibility index (Phi) is 8.23. The Morgan fingerprint density at radius 3 is 2.43 bits per heavy atom. The van der Waals surface area contributed by atoms with E-state index in [-0.39, 0.29) is 11.7 Å². The molecule has 0 radical (unpaired) electrons. The molecule has 0 unspecified atom stereocenters. The molecule has 0 spiro atoms. The van der Waals surface area contributed by atoms with E-state index in [9.17, 15) is 9.59 Å². The van der Waals surface area contributed by atoms with Gasteiger partial charge in [-0.25, -0.2) is 0 Å². The number of ether oxygens (including phenoxy) is 2. The van der Waals surface area contributed by atoms with Crippen LogP contribution in [-0.2, 0) is 4.79 Å². The molecular formula is C20H23N3O4S. The van der Waals surface area contributed by atoms with Crippen LogP contribution < -0.4 is 25.6 Å². The summed E-state index contributed by atoms with van der Waals surface area (Å²) in [6.45, 7) is 4.38. The van der Waals surface area contributed by atoms with Gasteiger partial charge in [0, 0.05) is 5.56 Å². The van der Waals surface area contributed by atoms with Crippen molar-refractivity contribution in [3.05, 3.63) is 59.7 Å². The van der Waals surface area contributed by atoms with E-state index < -0.39 is 11.8 Å². The summed E-state index contributed by atoms with van der Waals surface area (Å²) < 4.78 is 10.8. The molecule has 148 valence electrons. The monoisotopic (exact) mass is 401 g/mol. The summed E-state index contributed by atoms with van der Waals surface area (Å²) in [4.78, 5) is 24.0. The zero-order valence-corrected chi connectivity index (χ0v) is 16.6. The minimum atomic E-state index is -0.435. The van der Waals surface area contributed by atoms with Crippen molar-refractivity contribution in [3.8, 4) is 11.5 Å². The molecule has 2 aromatic rings. The van der Waals surface area contributed by atoms with Gasteiger partial charge in [-0.1, -0.05) is 19.1 Å². The number of carbonyl (C=O) groups is 2. The van der Waals surface area contributed by atoms with Crippen molar-refractivity contribution in [2.24, 2.45) is 0 Å². The van der Waals surface area contributed by atoms with E-state index in [1.54, 1.807) is 30.3 Å². The largest absolute Gasteiger partial charge is 0.494 e. The maximum Gasteiger partial charge on any atom is 0.276 e. The summed E-state index contributed by atoms with van der Waals surface area (Å²) in [6, 6.07) is 14.1. The third kappa shape index (κ3) is 7.24. The Bertz CT molecular complexity index is 824. The molecule has 0 aliphatic rings. The quantitative estimate of drug-likeness (QED) is 0.488. The summed E-state index contributed by atoms with van der Waals surface area (Å²) >= 11 is 5.00. The average Bonchev–Trinajstić information content (AvgIpc) is 2.69. The molecule has 0 bridgehead atoms. The maximum absolute atomic E-state index is 12.2. The number of thiocarbonyl (C=S) groups is 1. The van der Waals surface area contributed by atoms with Crippen LogP contribution in [0.4, 0.5) is 0 Å². The van der Waals surface area contributed by atoms with Crippen molar-refractivity contribution < 1.29 is 19.1 Å². The molecule has 7 nitrogen and oxygen atoms in total. The first-order valence-electron chi connectivity index (χ1n) is 8.80. The molecule has 28 heavy (non-hydrogen) atoms. The van der Waals surface area contributed by atoms with Gasteiger partial charge in [-0.3, -0.25) is 25.8 Å². The zero-order chi connectivity index (χ0) is 20.4. The van der Waals surface area contributed by atoms with Gasteiger partial charge in [0.2, 0.25) is 0 Å². The van der Waals surface area contributed by atoms with Gasteiger partial charge in [0.05, 0.1) is 6.61 Å². The molecule has 0 saturated heterocycles. The van der Waals surface area contributed by atoms with Crippen LogP contribution in [0.2, 0.25) is 0 Å². The van der Waals surface area contributed by atoms with Crippen LogP contribution in [0, 0.1) is 6.92 Å². The fraction of sp³-hybridized carbons (Fsp3) is 0.250. The van der Waals surface area contributed by atoms with Crippen molar-refractivity contribution in [3.63, 3.8) is 0 Å². The van der Waals surface area contributed by atoms with Gasteiger partial charge < -0.3 is 9.47 Å². The first-order chi connectivity index (χ1) is 13.5. The molecule has 0 fully saturated rings. The van der Waals surface area contributed by atoms with Crippen LogP contribution in [0.15, 0.2) is 48.5 Å². The third-order valence-electron chi connectivity index (χ3n) is 3.49. The highest BCUT2D eigenvalue weighted by Gasteiger charge is 2.09. The van der Waals surface area contributed by atoms with E-state index in [2.05, 4.69) is 16.2 Å². The molecule has 3 N–H and O–H groups in total. The van der Waals surface area contributed by atoms with Gasteiger partial charge >= 0.3 is 0 Å². The molecule has 0 aliphatic carbocycles. The van der Waals surface area contributed by atoms with Crippen LogP contribution in [0.25, 0.3) is 0 Å². The molecule has 8 heteroatoms. The smallest absolute Gasteiger partial charge is 0.276 e. The van der Waals surface area contributed by atoms with E-state index in [4.69, 9.17) is 21.7 Å². The molecule has 0 aromatic heterocycles. The van der Waals surface area contributed by atoms with Gasteiger partial charge in [-0.05, 0) is 67.5 Å². The highest BCUT2D eigenvalue weighted by atomic mass is 32.1. The lowest BCUT2D eigenvalue weighted by Gasteiger charge is -2.12. The highest BCUT2D eigenvalue weighted by Crippen LogP contribution is 2.13. The van der Waals surface area contributed by atoms with Gasteiger partial charge in [0.15, 0.2) is 11.7 Å². The number of rotatable bonds is 7. The second-order valence-corrected chi connectivity index (χ2v) is 6.34. The van der Waals surface area contributed by atoms with Crippen molar-refractivity contribution in [1.82, 2.24) is 16.2 Å². The average molecular weight is 401 g/mol. The minimum absolute atomic E-state index is 0.0276. The van der Waals surface area contributed by atoms with Gasteiger partial charge in [-0.15, -0.1) is 0 Å². The van der Waals surface area contributed by atoms with E-state index in [1.807, 2.05) is 32.0 Å². The molecule has 2 aromatic carbocycles. The second kappa shape index (κ2) is 10.9. The number of hydrogen-bond donors (Lipinski definition) is 3. The Balaban J connectivity index is 1.72. The summed E-state index contributed by atoms with van der Waals surface area (Å²) in [5, 5.41) is 2.45. The number of nitrogens with one attached hydrogen (secondary N) is 3. The lowest BCUT2D eigenvalue weighted by Crippen LogP contribution is -2.49. The number of aryl methyl sites for hydroxylation is 1. The van der Waals surface area contributed by atoms with Crippen LogP contribution >= 0.6 is 12.2 Å². The third-order valence-corrected chi connectivity index (χ3v) is 3.70. The molecule has 2 rings (SSSR count). The van der Waals surface area contributed by atoms with Crippen LogP contribution in [-0.4, -0.2) is 30.1 Å². The highest BCUT2D eigenvalue weighted by molar-refractivity contribution is 7.80. The van der Waals surface area contributed by atoms with E-state index in [0.29, 0.717) is 23.7 Å². The first kappa shape index (κ1) is 21.2. The second-order valence-electron chi connectivity index (χ2n) is 5.93. The van der Waals surface area contributed by atoms with Crippen molar-refractivity contribution in [2.45, 2.75) is 20.3 Å². The molecule has 0 aliphatic heterocycles. The fourth-order valence-corrected chi connectivity index (χ4v) is 2.29. The van der Waals surface area contributed by atoms with Gasteiger partial charge in [0.25, 0.3) is 11.8 Å². The summed E-state index contributed by atoms with van der Waals surface area (Å²) in [7, 11) is 0. The van der Waals surface area contributed by atoms with Crippen LogP contribution in [0.3, 0.4) is 0 Å². The summed E-state index contributed by atoms with van der Waals surface area (Å²) in [5.74, 6) is 0.456. The molecule has 0 atom stereocenters. The summed E-state index contributed by atoms with van der Waals surface area (Å²) in [5.41, 5.74) is 6.28. The van der Waals surface area contributed by atoms with Gasteiger partial charge in [-0.2, -0.15) is 0 Å². The number of carbonyl (C=O) groups excluding carboxylic acids is 2. The SMILES string of the molecule is CCCOc1ccc(C(=O)NC(=S)NNC(=O)COc2cccc(C)c2)cc1. The van der Waals surface area contributed by atoms with Crippen molar-refractivity contribution in [2.75, 3.05) is 13.2 Å². The van der Waals surface area contributed by atoms with Crippen LogP contribution in [0.1, 0.15) is 29.3 Å². The lowest BCUT2D eigenvalue weighted by atomic mass is 10.2. The predicted molar refractivity (Wildman–Crippen MR) is 110 cm³/mol. The van der Waals surface area contributed by atoms with Gasteiger partial charge in [0.1, 0.15) is 11.5 Å². The summed E-state index contributed by atoms with van der Waals surface area (Å²) in [6.07, 6.45) is 0.907. The number of benzene rings is 2. The van der Waals surface area contributed by atoms with Crippen LogP contribution in [0.5, 0.6) is 11.5 Å². The Hall–Kier alpha value is -3.13. The maximum atomic E-state index is 12.2. The van der Waals surface area contributed by atoms with Crippen molar-refractivity contribution in [1.29, 1.82) is 0 Å². The van der Waals surface area contributed by atoms with Crippen molar-refractivity contribution >= 4 is 29.1 Å². The molecule has 0 saturated carbocycles. The lowest BCUT2D eigenvalue weighted by molar-refractivity contribution is -0.123. The van der Waals surface area contributed by atoms with E-state index in [0.717, 1.165) is 12.0 Å². The Morgan fingerprint density at radius 2 is 1.75 bits per heavy atom.